The number of rotatable bonds is 3. The second-order valence-corrected chi connectivity index (χ2v) is 3.93. The van der Waals surface area contributed by atoms with Crippen molar-refractivity contribution in [1.82, 2.24) is 20.4 Å². The standard InChI is InChI=1S/C11H16N4O.ClH/c1-3-6-15(2)11(16)10-8-7-12-5-4-9(8)13-14-10;/h3,12H,1,4-7H2,2H3,(H,13,14);1H. The zero-order chi connectivity index (χ0) is 11.5. The van der Waals surface area contributed by atoms with E-state index in [1.165, 1.54) is 0 Å². The lowest BCUT2D eigenvalue weighted by Crippen LogP contribution is -2.30. The molecule has 0 aliphatic carbocycles. The third-order valence-electron chi connectivity index (χ3n) is 2.76. The predicted octanol–water partition coefficient (Wildman–Crippen LogP) is 0.735. The number of aromatic nitrogens is 2. The summed E-state index contributed by atoms with van der Waals surface area (Å²) in [4.78, 5) is 13.6. The molecule has 6 heteroatoms. The second-order valence-electron chi connectivity index (χ2n) is 3.93. The van der Waals surface area contributed by atoms with E-state index in [-0.39, 0.29) is 18.3 Å². The molecule has 0 radical (unpaired) electrons. The summed E-state index contributed by atoms with van der Waals surface area (Å²) in [5.74, 6) is -0.0545. The Morgan fingerprint density at radius 2 is 2.41 bits per heavy atom. The molecule has 2 rings (SSSR count). The topological polar surface area (TPSA) is 61.0 Å². The van der Waals surface area contributed by atoms with Crippen LogP contribution in [0.5, 0.6) is 0 Å². The highest BCUT2D eigenvalue weighted by Crippen LogP contribution is 2.16. The summed E-state index contributed by atoms with van der Waals surface area (Å²) >= 11 is 0. The molecule has 1 aromatic heterocycles. The van der Waals surface area contributed by atoms with E-state index >= 15 is 0 Å². The lowest BCUT2D eigenvalue weighted by molar-refractivity contribution is 0.0803. The average Bonchev–Trinajstić information content (AvgIpc) is 2.72. The number of fused-ring (bicyclic) bond motifs is 1. The van der Waals surface area contributed by atoms with E-state index in [1.54, 1.807) is 18.0 Å². The predicted molar refractivity (Wildman–Crippen MR) is 68.4 cm³/mol. The SMILES string of the molecule is C=CCN(C)C(=O)c1n[nH]c2c1CNCC2.Cl. The Morgan fingerprint density at radius 3 is 3.12 bits per heavy atom. The van der Waals surface area contributed by atoms with Gasteiger partial charge in [-0.15, -0.1) is 19.0 Å². The van der Waals surface area contributed by atoms with E-state index in [0.29, 0.717) is 12.2 Å². The maximum Gasteiger partial charge on any atom is 0.274 e. The number of carbonyl (C=O) groups excluding carboxylic acids is 1. The van der Waals surface area contributed by atoms with Crippen LogP contribution in [0, 0.1) is 0 Å². The second kappa shape index (κ2) is 5.84. The third kappa shape index (κ3) is 2.68. The van der Waals surface area contributed by atoms with Crippen LogP contribution in [0.2, 0.25) is 0 Å². The highest BCUT2D eigenvalue weighted by atomic mass is 35.5. The number of nitrogens with zero attached hydrogens (tertiary/aromatic N) is 2. The van der Waals surface area contributed by atoms with Crippen molar-refractivity contribution in [3.8, 4) is 0 Å². The molecule has 2 heterocycles. The van der Waals surface area contributed by atoms with Crippen LogP contribution in [0.15, 0.2) is 12.7 Å². The van der Waals surface area contributed by atoms with Crippen molar-refractivity contribution in [2.45, 2.75) is 13.0 Å². The number of hydrogen-bond acceptors (Lipinski definition) is 3. The zero-order valence-electron chi connectivity index (χ0n) is 9.82. The van der Waals surface area contributed by atoms with Gasteiger partial charge in [0.1, 0.15) is 0 Å². The van der Waals surface area contributed by atoms with E-state index in [0.717, 1.165) is 30.8 Å². The van der Waals surface area contributed by atoms with E-state index in [4.69, 9.17) is 0 Å². The van der Waals surface area contributed by atoms with Gasteiger partial charge in [-0.1, -0.05) is 6.08 Å². The average molecular weight is 257 g/mol. The molecule has 17 heavy (non-hydrogen) atoms. The number of amides is 1. The van der Waals surface area contributed by atoms with Crippen molar-refractivity contribution < 1.29 is 4.79 Å². The first-order valence-corrected chi connectivity index (χ1v) is 5.37. The molecular weight excluding hydrogens is 240 g/mol. The van der Waals surface area contributed by atoms with Crippen LogP contribution in [0.1, 0.15) is 21.7 Å². The maximum absolute atomic E-state index is 12.0. The van der Waals surface area contributed by atoms with E-state index in [1.807, 2.05) is 0 Å². The van der Waals surface area contributed by atoms with Gasteiger partial charge < -0.3 is 10.2 Å². The molecule has 1 aliphatic heterocycles. The normalized spacial score (nSPS) is 13.5. The van der Waals surface area contributed by atoms with Crippen LogP contribution in [0.4, 0.5) is 0 Å². The molecule has 1 aromatic rings. The molecular formula is C11H17ClN4O. The molecule has 0 spiro atoms. The zero-order valence-corrected chi connectivity index (χ0v) is 10.6. The Morgan fingerprint density at radius 1 is 1.65 bits per heavy atom. The largest absolute Gasteiger partial charge is 0.337 e. The molecule has 0 saturated heterocycles. The summed E-state index contributed by atoms with van der Waals surface area (Å²) in [6.45, 7) is 5.81. The minimum atomic E-state index is -0.0545. The van der Waals surface area contributed by atoms with Gasteiger partial charge in [0, 0.05) is 44.4 Å². The van der Waals surface area contributed by atoms with E-state index in [9.17, 15) is 4.79 Å². The van der Waals surface area contributed by atoms with Crippen molar-refractivity contribution in [2.24, 2.45) is 0 Å². The van der Waals surface area contributed by atoms with E-state index in [2.05, 4.69) is 22.1 Å². The Bertz CT molecular complexity index is 416. The molecule has 0 bridgehead atoms. The Labute approximate surface area is 107 Å². The van der Waals surface area contributed by atoms with Gasteiger partial charge in [0.15, 0.2) is 5.69 Å². The number of carbonyl (C=O) groups is 1. The minimum Gasteiger partial charge on any atom is -0.337 e. The smallest absolute Gasteiger partial charge is 0.274 e. The van der Waals surface area contributed by atoms with Crippen LogP contribution >= 0.6 is 12.4 Å². The molecule has 0 fully saturated rings. The molecule has 1 amide bonds. The van der Waals surface area contributed by atoms with Gasteiger partial charge in [-0.05, 0) is 0 Å². The summed E-state index contributed by atoms with van der Waals surface area (Å²) in [6, 6.07) is 0. The first kappa shape index (κ1) is 13.7. The van der Waals surface area contributed by atoms with Gasteiger partial charge in [0.25, 0.3) is 5.91 Å². The minimum absolute atomic E-state index is 0. The number of H-pyrrole nitrogens is 1. The van der Waals surface area contributed by atoms with Crippen LogP contribution in [0.25, 0.3) is 0 Å². The van der Waals surface area contributed by atoms with Crippen molar-refractivity contribution >= 4 is 18.3 Å². The molecule has 2 N–H and O–H groups in total. The molecule has 0 saturated carbocycles. The van der Waals surface area contributed by atoms with Crippen LogP contribution in [-0.2, 0) is 13.0 Å². The highest BCUT2D eigenvalue weighted by Gasteiger charge is 2.23. The molecule has 1 aliphatic rings. The molecule has 0 aromatic carbocycles. The quantitative estimate of drug-likeness (QED) is 0.784. The maximum atomic E-state index is 12.0. The van der Waals surface area contributed by atoms with Gasteiger partial charge in [0.2, 0.25) is 0 Å². The van der Waals surface area contributed by atoms with Gasteiger partial charge in [-0.25, -0.2) is 0 Å². The van der Waals surface area contributed by atoms with Crippen LogP contribution in [-0.4, -0.2) is 41.1 Å². The first-order chi connectivity index (χ1) is 7.74. The lowest BCUT2D eigenvalue weighted by Gasteiger charge is -2.16. The summed E-state index contributed by atoms with van der Waals surface area (Å²) in [7, 11) is 1.75. The Hall–Kier alpha value is -1.33. The van der Waals surface area contributed by atoms with Crippen molar-refractivity contribution in [2.75, 3.05) is 20.1 Å². The third-order valence-corrected chi connectivity index (χ3v) is 2.76. The molecule has 94 valence electrons. The number of aromatic amines is 1. The fourth-order valence-corrected chi connectivity index (χ4v) is 1.86. The Balaban J connectivity index is 0.00000144. The van der Waals surface area contributed by atoms with Gasteiger partial charge in [-0.2, -0.15) is 5.10 Å². The fourth-order valence-electron chi connectivity index (χ4n) is 1.86. The first-order valence-electron chi connectivity index (χ1n) is 5.37. The summed E-state index contributed by atoms with van der Waals surface area (Å²) in [6.07, 6.45) is 2.61. The summed E-state index contributed by atoms with van der Waals surface area (Å²) < 4.78 is 0. The van der Waals surface area contributed by atoms with Gasteiger partial charge >= 0.3 is 0 Å². The molecule has 0 unspecified atom stereocenters. The van der Waals surface area contributed by atoms with Crippen molar-refractivity contribution in [1.29, 1.82) is 0 Å². The Kier molecular flexibility index (Phi) is 4.72. The van der Waals surface area contributed by atoms with Crippen LogP contribution in [0.3, 0.4) is 0 Å². The van der Waals surface area contributed by atoms with Gasteiger partial charge in [0.05, 0.1) is 0 Å². The highest BCUT2D eigenvalue weighted by molar-refractivity contribution is 5.94. The number of likely N-dealkylation sites (N-methyl/N-ethyl adjacent to an activating group) is 1. The summed E-state index contributed by atoms with van der Waals surface area (Å²) in [5, 5.41) is 10.3. The van der Waals surface area contributed by atoms with Crippen molar-refractivity contribution in [3.05, 3.63) is 29.6 Å². The lowest BCUT2D eigenvalue weighted by atomic mass is 10.1. The monoisotopic (exact) mass is 256 g/mol. The van der Waals surface area contributed by atoms with Crippen molar-refractivity contribution in [3.63, 3.8) is 0 Å². The van der Waals surface area contributed by atoms with Gasteiger partial charge in [-0.3, -0.25) is 9.89 Å². The van der Waals surface area contributed by atoms with E-state index < -0.39 is 0 Å². The number of hydrogen-bond donors (Lipinski definition) is 2. The molecule has 5 nitrogen and oxygen atoms in total. The fraction of sp³-hybridized carbons (Fsp3) is 0.455. The number of halogens is 1. The number of nitrogens with one attached hydrogen (secondary N) is 2. The molecule has 0 atom stereocenters. The summed E-state index contributed by atoms with van der Waals surface area (Å²) in [5.41, 5.74) is 2.62. The van der Waals surface area contributed by atoms with Crippen LogP contribution < -0.4 is 5.32 Å².